The van der Waals surface area contributed by atoms with E-state index in [-0.39, 0.29) is 36.3 Å². The van der Waals surface area contributed by atoms with Crippen LogP contribution in [0.5, 0.6) is 0 Å². The van der Waals surface area contributed by atoms with E-state index >= 15 is 0 Å². The van der Waals surface area contributed by atoms with Crippen LogP contribution < -0.4 is 4.90 Å². The Morgan fingerprint density at radius 1 is 0.971 bits per heavy atom. The van der Waals surface area contributed by atoms with E-state index in [0.29, 0.717) is 54.3 Å². The van der Waals surface area contributed by atoms with Gasteiger partial charge in [0.15, 0.2) is 0 Å². The minimum atomic E-state index is -0.325. The lowest BCUT2D eigenvalue weighted by molar-refractivity contribution is -0.137. The van der Waals surface area contributed by atoms with E-state index < -0.39 is 0 Å². The highest BCUT2D eigenvalue weighted by molar-refractivity contribution is 6.31. The zero-order valence-corrected chi connectivity index (χ0v) is 19.7. The number of hydrogen-bond donors (Lipinski definition) is 1. The molecule has 2 saturated heterocycles. The molecule has 0 spiro atoms. The van der Waals surface area contributed by atoms with Crippen molar-refractivity contribution in [1.82, 2.24) is 9.80 Å². The third-order valence-corrected chi connectivity index (χ3v) is 7.52. The van der Waals surface area contributed by atoms with E-state index in [9.17, 15) is 19.5 Å². The molecule has 3 heterocycles. The highest BCUT2D eigenvalue weighted by Gasteiger charge is 2.40. The van der Waals surface area contributed by atoms with Gasteiger partial charge in [0, 0.05) is 31.2 Å². The van der Waals surface area contributed by atoms with Gasteiger partial charge in [0.1, 0.15) is 0 Å². The summed E-state index contributed by atoms with van der Waals surface area (Å²) >= 11 is 6.27. The fourth-order valence-corrected chi connectivity index (χ4v) is 5.46. The van der Waals surface area contributed by atoms with E-state index in [4.69, 9.17) is 11.6 Å². The molecule has 3 aliphatic heterocycles. The van der Waals surface area contributed by atoms with Gasteiger partial charge in [-0.1, -0.05) is 35.9 Å². The Balaban J connectivity index is 1.36. The number of carbonyl (C=O) groups is 3. The van der Waals surface area contributed by atoms with Gasteiger partial charge in [-0.05, 0) is 49.4 Å². The average molecular weight is 482 g/mol. The predicted molar refractivity (Wildman–Crippen MR) is 129 cm³/mol. The third kappa shape index (κ3) is 4.18. The zero-order chi connectivity index (χ0) is 23.8. The first-order valence-electron chi connectivity index (χ1n) is 11.9. The lowest BCUT2D eigenvalue weighted by Gasteiger charge is -2.38. The van der Waals surface area contributed by atoms with E-state index in [2.05, 4.69) is 4.90 Å². The van der Waals surface area contributed by atoms with Crippen molar-refractivity contribution >= 4 is 35.0 Å². The largest absolute Gasteiger partial charge is 0.393 e. The molecule has 1 atom stereocenters. The zero-order valence-electron chi connectivity index (χ0n) is 19.0. The van der Waals surface area contributed by atoms with E-state index in [1.807, 2.05) is 29.2 Å². The molecule has 178 valence electrons. The second-order valence-corrected chi connectivity index (χ2v) is 9.74. The van der Waals surface area contributed by atoms with Crippen molar-refractivity contribution in [1.29, 1.82) is 0 Å². The molecule has 34 heavy (non-hydrogen) atoms. The molecule has 7 nitrogen and oxygen atoms in total. The molecule has 0 bridgehead atoms. The van der Waals surface area contributed by atoms with Crippen molar-refractivity contribution < 1.29 is 19.5 Å². The summed E-state index contributed by atoms with van der Waals surface area (Å²) in [6, 6.07) is 12.6. The monoisotopic (exact) mass is 481 g/mol. The summed E-state index contributed by atoms with van der Waals surface area (Å²) in [7, 11) is 0. The number of halogens is 1. The van der Waals surface area contributed by atoms with Gasteiger partial charge in [0.2, 0.25) is 5.91 Å². The number of amides is 3. The van der Waals surface area contributed by atoms with Gasteiger partial charge in [-0.25, -0.2) is 0 Å². The number of carbonyl (C=O) groups excluding carboxylic acids is 3. The third-order valence-electron chi connectivity index (χ3n) is 7.15. The Kier molecular flexibility index (Phi) is 6.32. The van der Waals surface area contributed by atoms with Gasteiger partial charge >= 0.3 is 0 Å². The second-order valence-electron chi connectivity index (χ2n) is 9.33. The number of piperidine rings is 2. The number of hydrogen-bond acceptors (Lipinski definition) is 5. The van der Waals surface area contributed by atoms with E-state index in [1.165, 1.54) is 4.90 Å². The maximum Gasteiger partial charge on any atom is 0.263 e. The van der Waals surface area contributed by atoms with Crippen molar-refractivity contribution in [2.24, 2.45) is 5.92 Å². The molecule has 2 aromatic carbocycles. The minimum Gasteiger partial charge on any atom is -0.393 e. The number of benzene rings is 2. The first-order valence-corrected chi connectivity index (χ1v) is 12.3. The maximum atomic E-state index is 13.4. The number of likely N-dealkylation sites (tertiary alicyclic amines) is 1. The number of aliphatic hydroxyl groups excluding tert-OH is 1. The van der Waals surface area contributed by atoms with Crippen LogP contribution in [0.3, 0.4) is 0 Å². The van der Waals surface area contributed by atoms with Crippen LogP contribution in [-0.2, 0) is 11.3 Å². The van der Waals surface area contributed by atoms with Crippen LogP contribution in [0.2, 0.25) is 5.02 Å². The smallest absolute Gasteiger partial charge is 0.263 e. The lowest BCUT2D eigenvalue weighted by atomic mass is 9.94. The fourth-order valence-electron chi connectivity index (χ4n) is 5.26. The number of nitrogens with zero attached hydrogens (tertiary/aromatic N) is 3. The average Bonchev–Trinajstić information content (AvgIpc) is 3.10. The first kappa shape index (κ1) is 22.9. The summed E-state index contributed by atoms with van der Waals surface area (Å²) in [5, 5.41) is 10.3. The lowest BCUT2D eigenvalue weighted by Crippen LogP contribution is -2.48. The molecule has 2 aromatic rings. The van der Waals surface area contributed by atoms with Crippen LogP contribution in [0.15, 0.2) is 42.5 Å². The first-order chi connectivity index (χ1) is 16.4. The molecular formula is C26H28ClN3O4. The minimum absolute atomic E-state index is 0.118. The maximum absolute atomic E-state index is 13.4. The summed E-state index contributed by atoms with van der Waals surface area (Å²) in [5.74, 6) is -0.689. The highest BCUT2D eigenvalue weighted by atomic mass is 35.5. The fraction of sp³-hybridized carbons (Fsp3) is 0.423. The molecule has 3 aliphatic rings. The van der Waals surface area contributed by atoms with Gasteiger partial charge in [0.25, 0.3) is 11.8 Å². The normalized spacial score (nSPS) is 21.2. The van der Waals surface area contributed by atoms with Crippen LogP contribution in [0, 0.1) is 5.92 Å². The molecule has 1 N–H and O–H groups in total. The summed E-state index contributed by atoms with van der Waals surface area (Å²) in [6.07, 6.45) is 2.55. The van der Waals surface area contributed by atoms with Crippen LogP contribution in [0.4, 0.5) is 5.69 Å². The molecule has 2 fully saturated rings. The summed E-state index contributed by atoms with van der Waals surface area (Å²) in [6.45, 7) is 2.53. The summed E-state index contributed by atoms with van der Waals surface area (Å²) < 4.78 is 0. The van der Waals surface area contributed by atoms with Crippen molar-refractivity contribution in [3.05, 3.63) is 64.2 Å². The Labute approximate surface area is 203 Å². The highest BCUT2D eigenvalue weighted by Crippen LogP contribution is 2.35. The number of aliphatic hydroxyl groups is 1. The Bertz CT molecular complexity index is 1130. The number of rotatable bonds is 4. The summed E-state index contributed by atoms with van der Waals surface area (Å²) in [4.78, 5) is 44.9. The predicted octanol–water partition coefficient (Wildman–Crippen LogP) is 3.34. The van der Waals surface area contributed by atoms with E-state index in [1.54, 1.807) is 18.2 Å². The quantitative estimate of drug-likeness (QED) is 0.677. The van der Waals surface area contributed by atoms with Crippen LogP contribution >= 0.6 is 11.6 Å². The molecule has 8 heteroatoms. The van der Waals surface area contributed by atoms with Crippen LogP contribution in [0.1, 0.15) is 52.0 Å². The number of anilines is 1. The van der Waals surface area contributed by atoms with Crippen LogP contribution in [0.25, 0.3) is 0 Å². The molecule has 0 saturated carbocycles. The number of imide groups is 1. The van der Waals surface area contributed by atoms with Gasteiger partial charge in [-0.3, -0.25) is 19.3 Å². The Hall–Kier alpha value is -2.90. The van der Waals surface area contributed by atoms with Gasteiger partial charge in [-0.2, -0.15) is 0 Å². The molecular weight excluding hydrogens is 454 g/mol. The van der Waals surface area contributed by atoms with Gasteiger partial charge < -0.3 is 14.9 Å². The van der Waals surface area contributed by atoms with Gasteiger partial charge in [-0.15, -0.1) is 0 Å². The van der Waals surface area contributed by atoms with Crippen molar-refractivity contribution in [3.63, 3.8) is 0 Å². The van der Waals surface area contributed by atoms with Crippen molar-refractivity contribution in [2.75, 3.05) is 31.1 Å². The van der Waals surface area contributed by atoms with Crippen LogP contribution in [-0.4, -0.2) is 64.9 Å². The molecule has 3 amide bonds. The Morgan fingerprint density at radius 3 is 2.50 bits per heavy atom. The van der Waals surface area contributed by atoms with E-state index in [0.717, 1.165) is 24.9 Å². The van der Waals surface area contributed by atoms with Crippen molar-refractivity contribution in [2.45, 2.75) is 38.3 Å². The Morgan fingerprint density at radius 2 is 1.74 bits per heavy atom. The second kappa shape index (κ2) is 9.39. The molecule has 5 rings (SSSR count). The molecule has 0 radical (unpaired) electrons. The van der Waals surface area contributed by atoms with Crippen molar-refractivity contribution in [3.8, 4) is 0 Å². The molecule has 0 aromatic heterocycles. The number of fused-ring (bicyclic) bond motifs is 1. The standard InChI is InChI=1S/C26H28ClN3O4/c27-21-8-2-1-5-17(21)16-30-25(33)20-7-3-9-22(23(20)26(30)34)29-12-4-6-18(15-29)24(32)28-13-10-19(31)11-14-28/h1-3,5,7-9,18-19,31H,4,6,10-16H2/t18-/m1/s1. The van der Waals surface area contributed by atoms with Gasteiger partial charge in [0.05, 0.1) is 35.4 Å². The molecule has 0 aliphatic carbocycles. The topological polar surface area (TPSA) is 81.2 Å². The SMILES string of the molecule is O=C([C@@H]1CCCN(c2cccc3c2C(=O)N(Cc2ccccc2Cl)C3=O)C1)N1CCC(O)CC1. The molecule has 0 unspecified atom stereocenters. The summed E-state index contributed by atoms with van der Waals surface area (Å²) in [5.41, 5.74) is 2.24.